The van der Waals surface area contributed by atoms with Gasteiger partial charge in [0, 0.05) is 43.2 Å². The maximum atomic E-state index is 13.1. The number of carbonyl (C=O) groups is 1. The molecule has 0 saturated carbocycles. The van der Waals surface area contributed by atoms with E-state index in [4.69, 9.17) is 0 Å². The SMILES string of the molecule is CN1CCN(CC(NC(=O)C2CC(c3ccc(Br)cc3)NN2)c2ccccc2)CC1. The highest BCUT2D eigenvalue weighted by Crippen LogP contribution is 2.24. The van der Waals surface area contributed by atoms with Crippen LogP contribution in [0, 0.1) is 0 Å². The van der Waals surface area contributed by atoms with E-state index in [9.17, 15) is 4.79 Å². The topological polar surface area (TPSA) is 59.6 Å². The summed E-state index contributed by atoms with van der Waals surface area (Å²) >= 11 is 3.48. The highest BCUT2D eigenvalue weighted by molar-refractivity contribution is 9.10. The van der Waals surface area contributed by atoms with Crippen LogP contribution in [-0.4, -0.2) is 61.5 Å². The Bertz CT molecular complexity index is 823. The van der Waals surface area contributed by atoms with E-state index in [0.29, 0.717) is 0 Å². The predicted octanol–water partition coefficient (Wildman–Crippen LogP) is 2.46. The average molecular weight is 472 g/mol. The molecule has 0 aliphatic carbocycles. The number of amides is 1. The van der Waals surface area contributed by atoms with Crippen molar-refractivity contribution in [3.05, 3.63) is 70.2 Å². The van der Waals surface area contributed by atoms with E-state index in [0.717, 1.165) is 49.2 Å². The Kier molecular flexibility index (Phi) is 7.17. The Balaban J connectivity index is 1.39. The van der Waals surface area contributed by atoms with E-state index in [1.165, 1.54) is 5.56 Å². The van der Waals surface area contributed by atoms with E-state index < -0.39 is 0 Å². The number of carbonyl (C=O) groups excluding carboxylic acids is 1. The van der Waals surface area contributed by atoms with Crippen LogP contribution in [0.2, 0.25) is 0 Å². The zero-order chi connectivity index (χ0) is 20.9. The number of nitrogens with one attached hydrogen (secondary N) is 3. The molecule has 0 aromatic heterocycles. The lowest BCUT2D eigenvalue weighted by molar-refractivity contribution is -0.123. The molecule has 2 fully saturated rings. The lowest BCUT2D eigenvalue weighted by Gasteiger charge is -2.35. The van der Waals surface area contributed by atoms with E-state index >= 15 is 0 Å². The fourth-order valence-electron chi connectivity index (χ4n) is 4.12. The van der Waals surface area contributed by atoms with Crippen molar-refractivity contribution >= 4 is 21.8 Å². The van der Waals surface area contributed by atoms with Crippen LogP contribution >= 0.6 is 15.9 Å². The maximum Gasteiger partial charge on any atom is 0.239 e. The number of rotatable bonds is 6. The first kappa shape index (κ1) is 21.5. The summed E-state index contributed by atoms with van der Waals surface area (Å²) in [6.07, 6.45) is 0.726. The molecule has 30 heavy (non-hydrogen) atoms. The molecule has 6 nitrogen and oxygen atoms in total. The van der Waals surface area contributed by atoms with Crippen LogP contribution in [0.3, 0.4) is 0 Å². The fraction of sp³-hybridized carbons (Fsp3) is 0.435. The smallest absolute Gasteiger partial charge is 0.239 e. The molecule has 2 aromatic carbocycles. The van der Waals surface area contributed by atoms with Crippen LogP contribution in [0.25, 0.3) is 0 Å². The van der Waals surface area contributed by atoms with Gasteiger partial charge in [0.05, 0.1) is 6.04 Å². The summed E-state index contributed by atoms with van der Waals surface area (Å²) in [6, 6.07) is 18.4. The van der Waals surface area contributed by atoms with Gasteiger partial charge in [-0.3, -0.25) is 9.69 Å². The molecule has 3 N–H and O–H groups in total. The summed E-state index contributed by atoms with van der Waals surface area (Å²) in [7, 11) is 2.16. The van der Waals surface area contributed by atoms with Crippen molar-refractivity contribution < 1.29 is 4.79 Å². The summed E-state index contributed by atoms with van der Waals surface area (Å²) in [4.78, 5) is 17.9. The lowest BCUT2D eigenvalue weighted by Crippen LogP contribution is -2.50. The first-order valence-corrected chi connectivity index (χ1v) is 11.4. The molecule has 2 aromatic rings. The van der Waals surface area contributed by atoms with Crippen molar-refractivity contribution in [2.75, 3.05) is 39.8 Å². The maximum absolute atomic E-state index is 13.1. The van der Waals surface area contributed by atoms with Gasteiger partial charge in [-0.25, -0.2) is 10.9 Å². The molecular formula is C23H30BrN5O. The first-order chi connectivity index (χ1) is 14.6. The second-order valence-electron chi connectivity index (χ2n) is 8.26. The van der Waals surface area contributed by atoms with Crippen LogP contribution in [0.4, 0.5) is 0 Å². The summed E-state index contributed by atoms with van der Waals surface area (Å²) in [5.41, 5.74) is 8.80. The minimum atomic E-state index is -0.252. The number of nitrogens with zero attached hydrogens (tertiary/aromatic N) is 2. The third-order valence-electron chi connectivity index (χ3n) is 6.05. The Morgan fingerprint density at radius 1 is 1.07 bits per heavy atom. The summed E-state index contributed by atoms with van der Waals surface area (Å²) in [5.74, 6) is 0.0464. The number of likely N-dealkylation sites (N-methyl/N-ethyl adjacent to an activating group) is 1. The first-order valence-electron chi connectivity index (χ1n) is 10.6. The van der Waals surface area contributed by atoms with Gasteiger partial charge in [-0.15, -0.1) is 0 Å². The van der Waals surface area contributed by atoms with Crippen LogP contribution in [0.1, 0.15) is 29.6 Å². The third-order valence-corrected chi connectivity index (χ3v) is 6.58. The van der Waals surface area contributed by atoms with Gasteiger partial charge in [0.25, 0.3) is 0 Å². The predicted molar refractivity (Wildman–Crippen MR) is 123 cm³/mol. The summed E-state index contributed by atoms with van der Waals surface area (Å²) in [5, 5.41) is 3.31. The third kappa shape index (κ3) is 5.47. The summed E-state index contributed by atoms with van der Waals surface area (Å²) < 4.78 is 1.06. The van der Waals surface area contributed by atoms with Gasteiger partial charge >= 0.3 is 0 Å². The molecule has 7 heteroatoms. The van der Waals surface area contributed by atoms with Crippen molar-refractivity contribution in [2.45, 2.75) is 24.5 Å². The van der Waals surface area contributed by atoms with E-state index in [1.807, 2.05) is 30.3 Å². The van der Waals surface area contributed by atoms with Gasteiger partial charge in [0.15, 0.2) is 0 Å². The van der Waals surface area contributed by atoms with Crippen molar-refractivity contribution in [2.24, 2.45) is 0 Å². The second kappa shape index (κ2) is 10.0. The van der Waals surface area contributed by atoms with E-state index in [1.54, 1.807) is 0 Å². The number of benzene rings is 2. The van der Waals surface area contributed by atoms with Gasteiger partial charge in [-0.1, -0.05) is 58.4 Å². The van der Waals surface area contributed by atoms with Crippen LogP contribution in [0.15, 0.2) is 59.1 Å². The van der Waals surface area contributed by atoms with Crippen LogP contribution in [-0.2, 0) is 4.79 Å². The quantitative estimate of drug-likeness (QED) is 0.603. The van der Waals surface area contributed by atoms with Crippen molar-refractivity contribution in [1.29, 1.82) is 0 Å². The van der Waals surface area contributed by atoms with Gasteiger partial charge in [-0.05, 0) is 36.7 Å². The molecule has 2 aliphatic rings. The Labute approximate surface area is 187 Å². The Morgan fingerprint density at radius 3 is 2.47 bits per heavy atom. The molecule has 0 radical (unpaired) electrons. The van der Waals surface area contributed by atoms with Gasteiger partial charge in [-0.2, -0.15) is 0 Å². The van der Waals surface area contributed by atoms with E-state index in [2.05, 4.69) is 73.2 Å². The Morgan fingerprint density at radius 2 is 1.77 bits per heavy atom. The van der Waals surface area contributed by atoms with Crippen LogP contribution < -0.4 is 16.2 Å². The molecule has 2 heterocycles. The number of piperazine rings is 1. The largest absolute Gasteiger partial charge is 0.347 e. The van der Waals surface area contributed by atoms with Gasteiger partial charge in [0.2, 0.25) is 5.91 Å². The monoisotopic (exact) mass is 471 g/mol. The second-order valence-corrected chi connectivity index (χ2v) is 9.17. The molecule has 3 atom stereocenters. The molecule has 2 aliphatic heterocycles. The van der Waals surface area contributed by atoms with Crippen molar-refractivity contribution in [1.82, 2.24) is 26.0 Å². The minimum Gasteiger partial charge on any atom is -0.347 e. The zero-order valence-corrected chi connectivity index (χ0v) is 18.9. The molecule has 160 valence electrons. The molecule has 3 unspecified atom stereocenters. The standard InChI is InChI=1S/C23H30BrN5O/c1-28-11-13-29(14-12-28)16-22(17-5-3-2-4-6-17)25-23(30)21-15-20(26-27-21)18-7-9-19(24)10-8-18/h2-10,20-22,26-27H,11-16H2,1H3,(H,25,30). The molecule has 2 saturated heterocycles. The zero-order valence-electron chi connectivity index (χ0n) is 17.4. The highest BCUT2D eigenvalue weighted by atomic mass is 79.9. The van der Waals surface area contributed by atoms with Gasteiger partial charge < -0.3 is 10.2 Å². The minimum absolute atomic E-state index is 0.0179. The van der Waals surface area contributed by atoms with Crippen molar-refractivity contribution in [3.8, 4) is 0 Å². The molecule has 1 amide bonds. The number of hydrogen-bond donors (Lipinski definition) is 3. The fourth-order valence-corrected chi connectivity index (χ4v) is 4.39. The molecule has 0 spiro atoms. The molecule has 0 bridgehead atoms. The summed E-state index contributed by atoms with van der Waals surface area (Å²) in [6.45, 7) is 5.03. The van der Waals surface area contributed by atoms with Gasteiger partial charge in [0.1, 0.15) is 6.04 Å². The average Bonchev–Trinajstić information content (AvgIpc) is 3.26. The van der Waals surface area contributed by atoms with Crippen molar-refractivity contribution in [3.63, 3.8) is 0 Å². The number of halogens is 1. The molecule has 4 rings (SSSR count). The lowest BCUT2D eigenvalue weighted by atomic mass is 10.0. The molecular weight excluding hydrogens is 442 g/mol. The van der Waals surface area contributed by atoms with Crippen LogP contribution in [0.5, 0.6) is 0 Å². The number of hydrazine groups is 1. The normalized spacial score (nSPS) is 23.9. The van der Waals surface area contributed by atoms with E-state index in [-0.39, 0.29) is 24.0 Å². The Hall–Kier alpha value is -1.77. The highest BCUT2D eigenvalue weighted by Gasteiger charge is 2.32. The number of hydrogen-bond acceptors (Lipinski definition) is 5.